The summed E-state index contributed by atoms with van der Waals surface area (Å²) in [5.41, 5.74) is 3.51. The second-order valence-corrected chi connectivity index (χ2v) is 5.95. The Hall–Kier alpha value is -3.28. The third-order valence-electron chi connectivity index (χ3n) is 3.81. The van der Waals surface area contributed by atoms with Gasteiger partial charge in [0.15, 0.2) is 0 Å². The van der Waals surface area contributed by atoms with E-state index in [-0.39, 0.29) is 11.7 Å². The Labute approximate surface area is 151 Å². The SMILES string of the molecule is Cc1cccc(CNc2ncc(C(=O)NCc3ccc(F)cc3)cn2)c1. The van der Waals surface area contributed by atoms with Gasteiger partial charge in [0.2, 0.25) is 5.95 Å². The molecule has 0 aliphatic heterocycles. The summed E-state index contributed by atoms with van der Waals surface area (Å²) in [5.74, 6) is -0.122. The standard InChI is InChI=1S/C20H19FN4O/c1-14-3-2-4-16(9-14)11-23-20-24-12-17(13-25-20)19(26)22-10-15-5-7-18(21)8-6-15/h2-9,12-13H,10-11H2,1H3,(H,22,26)(H,23,24,25). The maximum Gasteiger partial charge on any atom is 0.254 e. The number of aryl methyl sites for hydroxylation is 1. The number of nitrogens with one attached hydrogen (secondary N) is 2. The molecule has 26 heavy (non-hydrogen) atoms. The smallest absolute Gasteiger partial charge is 0.254 e. The fourth-order valence-corrected chi connectivity index (χ4v) is 2.43. The zero-order valence-corrected chi connectivity index (χ0v) is 14.4. The Balaban J connectivity index is 1.53. The summed E-state index contributed by atoms with van der Waals surface area (Å²) >= 11 is 0. The van der Waals surface area contributed by atoms with Crippen LogP contribution in [0.1, 0.15) is 27.0 Å². The quantitative estimate of drug-likeness (QED) is 0.714. The molecule has 0 aliphatic carbocycles. The molecule has 0 aliphatic rings. The number of aromatic nitrogens is 2. The third kappa shape index (κ3) is 4.86. The first kappa shape index (κ1) is 17.5. The number of benzene rings is 2. The normalized spacial score (nSPS) is 10.4. The lowest BCUT2D eigenvalue weighted by Gasteiger charge is -2.07. The van der Waals surface area contributed by atoms with Crippen molar-refractivity contribution in [3.8, 4) is 0 Å². The summed E-state index contributed by atoms with van der Waals surface area (Å²) < 4.78 is 12.9. The highest BCUT2D eigenvalue weighted by Gasteiger charge is 2.07. The van der Waals surface area contributed by atoms with Crippen LogP contribution in [-0.4, -0.2) is 15.9 Å². The van der Waals surface area contributed by atoms with Gasteiger partial charge in [0.05, 0.1) is 5.56 Å². The molecule has 5 nitrogen and oxygen atoms in total. The Morgan fingerprint density at radius 2 is 1.73 bits per heavy atom. The van der Waals surface area contributed by atoms with E-state index in [4.69, 9.17) is 0 Å². The van der Waals surface area contributed by atoms with Gasteiger partial charge in [-0.1, -0.05) is 42.0 Å². The van der Waals surface area contributed by atoms with Crippen LogP contribution in [0.4, 0.5) is 10.3 Å². The van der Waals surface area contributed by atoms with E-state index in [0.717, 1.165) is 11.1 Å². The van der Waals surface area contributed by atoms with E-state index in [1.807, 2.05) is 25.1 Å². The number of amides is 1. The second-order valence-electron chi connectivity index (χ2n) is 5.95. The Morgan fingerprint density at radius 3 is 2.42 bits per heavy atom. The van der Waals surface area contributed by atoms with Crippen molar-refractivity contribution in [3.63, 3.8) is 0 Å². The molecular formula is C20H19FN4O. The molecule has 0 radical (unpaired) electrons. The third-order valence-corrected chi connectivity index (χ3v) is 3.81. The first-order valence-electron chi connectivity index (χ1n) is 8.24. The van der Waals surface area contributed by atoms with E-state index in [1.165, 1.54) is 30.1 Å². The number of halogens is 1. The van der Waals surface area contributed by atoms with Crippen LogP contribution in [0.5, 0.6) is 0 Å². The van der Waals surface area contributed by atoms with Crippen LogP contribution >= 0.6 is 0 Å². The maximum atomic E-state index is 12.9. The molecule has 0 saturated carbocycles. The van der Waals surface area contributed by atoms with Crippen LogP contribution in [0.2, 0.25) is 0 Å². The molecule has 132 valence electrons. The van der Waals surface area contributed by atoms with Crippen molar-refractivity contribution in [1.29, 1.82) is 0 Å². The van der Waals surface area contributed by atoms with Crippen LogP contribution in [0, 0.1) is 12.7 Å². The van der Waals surface area contributed by atoms with Crippen molar-refractivity contribution >= 4 is 11.9 Å². The highest BCUT2D eigenvalue weighted by Crippen LogP contribution is 2.07. The first-order valence-corrected chi connectivity index (χ1v) is 8.24. The number of rotatable bonds is 6. The fourth-order valence-electron chi connectivity index (χ4n) is 2.43. The summed E-state index contributed by atoms with van der Waals surface area (Å²) in [4.78, 5) is 20.5. The van der Waals surface area contributed by atoms with Crippen molar-refractivity contribution in [2.24, 2.45) is 0 Å². The predicted molar refractivity (Wildman–Crippen MR) is 98.1 cm³/mol. The highest BCUT2D eigenvalue weighted by molar-refractivity contribution is 5.93. The van der Waals surface area contributed by atoms with Crippen molar-refractivity contribution < 1.29 is 9.18 Å². The zero-order valence-electron chi connectivity index (χ0n) is 14.4. The lowest BCUT2D eigenvalue weighted by atomic mass is 10.1. The average Bonchev–Trinajstić information content (AvgIpc) is 2.66. The largest absolute Gasteiger partial charge is 0.350 e. The monoisotopic (exact) mass is 350 g/mol. The van der Waals surface area contributed by atoms with Gasteiger partial charge in [-0.2, -0.15) is 0 Å². The number of carbonyl (C=O) groups is 1. The van der Waals surface area contributed by atoms with E-state index in [0.29, 0.717) is 24.6 Å². The predicted octanol–water partition coefficient (Wildman–Crippen LogP) is 3.47. The molecule has 0 bridgehead atoms. The molecule has 2 N–H and O–H groups in total. The summed E-state index contributed by atoms with van der Waals surface area (Å²) in [6.07, 6.45) is 2.96. The van der Waals surface area contributed by atoms with Crippen LogP contribution in [-0.2, 0) is 13.1 Å². The molecule has 0 atom stereocenters. The van der Waals surface area contributed by atoms with Gasteiger partial charge in [0.25, 0.3) is 5.91 Å². The van der Waals surface area contributed by atoms with Crippen molar-refractivity contribution in [2.45, 2.75) is 20.0 Å². The number of nitrogens with zero attached hydrogens (tertiary/aromatic N) is 2. The van der Waals surface area contributed by atoms with Gasteiger partial charge in [0.1, 0.15) is 5.82 Å². The van der Waals surface area contributed by atoms with E-state index >= 15 is 0 Å². The molecule has 0 saturated heterocycles. The van der Waals surface area contributed by atoms with E-state index in [9.17, 15) is 9.18 Å². The van der Waals surface area contributed by atoms with Crippen molar-refractivity contribution in [3.05, 3.63) is 89.0 Å². The van der Waals surface area contributed by atoms with Gasteiger partial charge in [-0.05, 0) is 30.2 Å². The molecule has 6 heteroatoms. The Kier molecular flexibility index (Phi) is 5.53. The molecule has 1 amide bonds. The summed E-state index contributed by atoms with van der Waals surface area (Å²) in [6, 6.07) is 14.1. The Morgan fingerprint density at radius 1 is 1.00 bits per heavy atom. The lowest BCUT2D eigenvalue weighted by molar-refractivity contribution is 0.0950. The van der Waals surface area contributed by atoms with Crippen molar-refractivity contribution in [1.82, 2.24) is 15.3 Å². The Bertz CT molecular complexity index is 879. The molecular weight excluding hydrogens is 331 g/mol. The van der Waals surface area contributed by atoms with Crippen LogP contribution in [0.3, 0.4) is 0 Å². The zero-order chi connectivity index (χ0) is 18.4. The molecule has 3 rings (SSSR count). The topological polar surface area (TPSA) is 66.9 Å². The lowest BCUT2D eigenvalue weighted by Crippen LogP contribution is -2.23. The molecule has 1 aromatic heterocycles. The van der Waals surface area contributed by atoms with Crippen molar-refractivity contribution in [2.75, 3.05) is 5.32 Å². The summed E-state index contributed by atoms with van der Waals surface area (Å²) in [6.45, 7) is 2.96. The van der Waals surface area contributed by atoms with Crippen LogP contribution in [0.25, 0.3) is 0 Å². The molecule has 1 heterocycles. The van der Waals surface area contributed by atoms with E-state index in [1.54, 1.807) is 12.1 Å². The minimum Gasteiger partial charge on any atom is -0.350 e. The highest BCUT2D eigenvalue weighted by atomic mass is 19.1. The summed E-state index contributed by atoms with van der Waals surface area (Å²) in [7, 11) is 0. The van der Waals surface area contributed by atoms with Crippen LogP contribution < -0.4 is 10.6 Å². The first-order chi connectivity index (χ1) is 12.6. The van der Waals surface area contributed by atoms with Gasteiger partial charge in [-0.25, -0.2) is 14.4 Å². The second kappa shape index (κ2) is 8.20. The maximum absolute atomic E-state index is 12.9. The molecule has 3 aromatic rings. The molecule has 0 spiro atoms. The van der Waals surface area contributed by atoms with Gasteiger partial charge in [-0.15, -0.1) is 0 Å². The van der Waals surface area contributed by atoms with Gasteiger partial charge < -0.3 is 10.6 Å². The molecule has 2 aromatic carbocycles. The number of carbonyl (C=O) groups excluding carboxylic acids is 1. The van der Waals surface area contributed by atoms with Gasteiger partial charge >= 0.3 is 0 Å². The number of anilines is 1. The fraction of sp³-hybridized carbons (Fsp3) is 0.150. The van der Waals surface area contributed by atoms with Gasteiger partial charge in [0, 0.05) is 25.5 Å². The number of hydrogen-bond acceptors (Lipinski definition) is 4. The average molecular weight is 350 g/mol. The van der Waals surface area contributed by atoms with Gasteiger partial charge in [-0.3, -0.25) is 4.79 Å². The minimum absolute atomic E-state index is 0.278. The minimum atomic E-state index is -0.303. The number of hydrogen-bond donors (Lipinski definition) is 2. The van der Waals surface area contributed by atoms with E-state index < -0.39 is 0 Å². The molecule has 0 fully saturated rings. The summed E-state index contributed by atoms with van der Waals surface area (Å²) in [5, 5.41) is 5.88. The van der Waals surface area contributed by atoms with Crippen LogP contribution in [0.15, 0.2) is 60.9 Å². The molecule has 0 unspecified atom stereocenters. The van der Waals surface area contributed by atoms with E-state index in [2.05, 4.69) is 26.7 Å².